The van der Waals surface area contributed by atoms with Crippen molar-refractivity contribution in [2.75, 3.05) is 23.8 Å². The molecule has 2 heterocycles. The molecule has 114 valence electrons. The van der Waals surface area contributed by atoms with E-state index in [-0.39, 0.29) is 12.3 Å². The van der Waals surface area contributed by atoms with Crippen LogP contribution in [-0.4, -0.2) is 42.8 Å². The van der Waals surface area contributed by atoms with Crippen molar-refractivity contribution in [3.63, 3.8) is 0 Å². The van der Waals surface area contributed by atoms with Crippen LogP contribution in [0.15, 0.2) is 18.2 Å². The number of hydrogen-bond acceptors (Lipinski definition) is 6. The lowest BCUT2D eigenvalue weighted by molar-refractivity contribution is -0.136. The topological polar surface area (TPSA) is 108 Å². The summed E-state index contributed by atoms with van der Waals surface area (Å²) in [6.45, 7) is 1.49. The van der Waals surface area contributed by atoms with E-state index in [9.17, 15) is 19.2 Å². The summed E-state index contributed by atoms with van der Waals surface area (Å²) in [6.07, 6.45) is 0. The fourth-order valence-corrected chi connectivity index (χ4v) is 2.71. The fraction of sp³-hybridized carbons (Fsp3) is 0.286. The molecule has 0 unspecified atom stereocenters. The Morgan fingerprint density at radius 2 is 1.82 bits per heavy atom. The second kappa shape index (κ2) is 4.55. The van der Waals surface area contributed by atoms with E-state index in [0.717, 1.165) is 5.69 Å². The third kappa shape index (κ3) is 1.92. The van der Waals surface area contributed by atoms with Crippen molar-refractivity contribution in [2.45, 2.75) is 12.5 Å². The van der Waals surface area contributed by atoms with Gasteiger partial charge in [-0.1, -0.05) is 0 Å². The maximum absolute atomic E-state index is 12.2. The number of hydrogen-bond donors (Lipinski definition) is 3. The highest BCUT2D eigenvalue weighted by Gasteiger charge is 2.53. The Morgan fingerprint density at radius 3 is 2.41 bits per heavy atom. The Bertz CT molecular complexity index is 708. The summed E-state index contributed by atoms with van der Waals surface area (Å²) in [7, 11) is 1.73. The van der Waals surface area contributed by atoms with Crippen LogP contribution in [0, 0.1) is 0 Å². The standard InChI is InChI=1S/C14H14N4O4/c1-7(19)8-3-4-10-9(5-8)17-14(6-18(10)2)11(20)15-13(22)16-12(14)21/h3-5,17H,6H2,1-2H3,(H2,15,16,20,21,22). The molecule has 2 aliphatic heterocycles. The number of amides is 4. The average Bonchev–Trinajstić information content (AvgIpc) is 2.44. The fourth-order valence-electron chi connectivity index (χ4n) is 2.71. The van der Waals surface area contributed by atoms with Gasteiger partial charge in [-0.05, 0) is 25.1 Å². The Balaban J connectivity index is 2.07. The second-order valence-corrected chi connectivity index (χ2v) is 5.41. The molecule has 1 fully saturated rings. The minimum absolute atomic E-state index is 0.0599. The number of benzene rings is 1. The van der Waals surface area contributed by atoms with Crippen LogP contribution in [0.3, 0.4) is 0 Å². The zero-order valence-electron chi connectivity index (χ0n) is 12.0. The summed E-state index contributed by atoms with van der Waals surface area (Å²) in [5.41, 5.74) is 0.101. The van der Waals surface area contributed by atoms with E-state index in [1.807, 2.05) is 0 Å². The molecule has 1 spiro atoms. The molecular weight excluding hydrogens is 288 g/mol. The molecule has 1 aromatic carbocycles. The molecule has 3 rings (SSSR count). The van der Waals surface area contributed by atoms with Gasteiger partial charge in [-0.25, -0.2) is 4.79 Å². The van der Waals surface area contributed by atoms with Gasteiger partial charge < -0.3 is 10.2 Å². The first-order valence-electron chi connectivity index (χ1n) is 6.65. The first-order valence-corrected chi connectivity index (χ1v) is 6.65. The number of fused-ring (bicyclic) bond motifs is 1. The Hall–Kier alpha value is -2.90. The molecule has 0 bridgehead atoms. The van der Waals surface area contributed by atoms with Crippen molar-refractivity contribution in [1.82, 2.24) is 10.6 Å². The number of barbiturate groups is 1. The normalized spacial score (nSPS) is 19.2. The number of anilines is 2. The predicted octanol–water partition coefficient (Wildman–Crippen LogP) is -0.144. The van der Waals surface area contributed by atoms with Crippen LogP contribution in [0.2, 0.25) is 0 Å². The monoisotopic (exact) mass is 302 g/mol. The molecule has 8 heteroatoms. The minimum atomic E-state index is -1.61. The summed E-state index contributed by atoms with van der Waals surface area (Å²) >= 11 is 0. The van der Waals surface area contributed by atoms with Crippen LogP contribution >= 0.6 is 0 Å². The number of imide groups is 2. The van der Waals surface area contributed by atoms with Gasteiger partial charge in [0.05, 0.1) is 17.9 Å². The molecular formula is C14H14N4O4. The minimum Gasteiger partial charge on any atom is -0.369 e. The lowest BCUT2D eigenvalue weighted by atomic mass is 9.90. The molecule has 0 aliphatic carbocycles. The molecule has 1 aromatic rings. The summed E-state index contributed by atoms with van der Waals surface area (Å²) in [6, 6.07) is 4.18. The summed E-state index contributed by atoms with van der Waals surface area (Å²) < 4.78 is 0. The van der Waals surface area contributed by atoms with E-state index in [2.05, 4.69) is 16.0 Å². The Morgan fingerprint density at radius 1 is 1.18 bits per heavy atom. The van der Waals surface area contributed by atoms with E-state index in [1.165, 1.54) is 6.92 Å². The molecule has 4 amide bonds. The van der Waals surface area contributed by atoms with Gasteiger partial charge >= 0.3 is 6.03 Å². The zero-order chi connectivity index (χ0) is 16.1. The van der Waals surface area contributed by atoms with Crippen LogP contribution in [0.1, 0.15) is 17.3 Å². The van der Waals surface area contributed by atoms with Gasteiger partial charge in [0.15, 0.2) is 5.78 Å². The van der Waals surface area contributed by atoms with Crippen molar-refractivity contribution < 1.29 is 19.2 Å². The predicted molar refractivity (Wildman–Crippen MR) is 77.8 cm³/mol. The number of Topliss-reactive ketones (excluding diaryl/α,β-unsaturated/α-hetero) is 1. The number of likely N-dealkylation sites (N-methyl/N-ethyl adjacent to an activating group) is 1. The van der Waals surface area contributed by atoms with Gasteiger partial charge in [0.25, 0.3) is 11.8 Å². The first-order chi connectivity index (χ1) is 10.3. The first kappa shape index (κ1) is 14.1. The molecule has 1 saturated heterocycles. The molecule has 2 aliphatic rings. The summed E-state index contributed by atoms with van der Waals surface area (Å²) in [5.74, 6) is -1.56. The van der Waals surface area contributed by atoms with Crippen LogP contribution in [0.5, 0.6) is 0 Å². The van der Waals surface area contributed by atoms with Crippen LogP contribution in [0.4, 0.5) is 16.2 Å². The Kier molecular flexibility index (Phi) is 2.91. The molecule has 0 radical (unpaired) electrons. The van der Waals surface area contributed by atoms with Gasteiger partial charge in [0, 0.05) is 12.6 Å². The van der Waals surface area contributed by atoms with Crippen molar-refractivity contribution in [3.8, 4) is 0 Å². The SMILES string of the molecule is CC(=O)c1ccc2c(c1)NC1(CN2C)C(=O)NC(=O)NC1=O. The van der Waals surface area contributed by atoms with Crippen LogP contribution in [-0.2, 0) is 9.59 Å². The van der Waals surface area contributed by atoms with Gasteiger partial charge in [-0.2, -0.15) is 0 Å². The van der Waals surface area contributed by atoms with Crippen LogP contribution in [0.25, 0.3) is 0 Å². The highest BCUT2D eigenvalue weighted by atomic mass is 16.2. The maximum atomic E-state index is 12.2. The highest BCUT2D eigenvalue weighted by molar-refractivity contribution is 6.25. The van der Waals surface area contributed by atoms with Crippen molar-refractivity contribution in [2.24, 2.45) is 0 Å². The second-order valence-electron chi connectivity index (χ2n) is 5.41. The molecule has 8 nitrogen and oxygen atoms in total. The smallest absolute Gasteiger partial charge is 0.328 e. The molecule has 0 aromatic heterocycles. The Labute approximate surface area is 125 Å². The number of carbonyl (C=O) groups excluding carboxylic acids is 4. The quantitative estimate of drug-likeness (QED) is 0.492. The van der Waals surface area contributed by atoms with Gasteiger partial charge in [-0.15, -0.1) is 0 Å². The van der Waals surface area contributed by atoms with E-state index in [0.29, 0.717) is 11.3 Å². The number of ketones is 1. The largest absolute Gasteiger partial charge is 0.369 e. The van der Waals surface area contributed by atoms with E-state index >= 15 is 0 Å². The number of urea groups is 1. The van der Waals surface area contributed by atoms with Crippen molar-refractivity contribution in [3.05, 3.63) is 23.8 Å². The van der Waals surface area contributed by atoms with E-state index in [4.69, 9.17) is 0 Å². The lowest BCUT2D eigenvalue weighted by Crippen LogP contribution is -2.74. The lowest BCUT2D eigenvalue weighted by Gasteiger charge is -2.43. The summed E-state index contributed by atoms with van der Waals surface area (Å²) in [4.78, 5) is 48.9. The van der Waals surface area contributed by atoms with E-state index < -0.39 is 23.4 Å². The van der Waals surface area contributed by atoms with Crippen LogP contribution < -0.4 is 20.9 Å². The summed E-state index contributed by atoms with van der Waals surface area (Å²) in [5, 5.41) is 7.07. The molecule has 0 saturated carbocycles. The average molecular weight is 302 g/mol. The van der Waals surface area contributed by atoms with Gasteiger partial charge in [0.2, 0.25) is 5.54 Å². The number of rotatable bonds is 1. The maximum Gasteiger partial charge on any atom is 0.328 e. The van der Waals surface area contributed by atoms with E-state index in [1.54, 1.807) is 30.1 Å². The highest BCUT2D eigenvalue weighted by Crippen LogP contribution is 2.35. The van der Waals surface area contributed by atoms with Crippen molar-refractivity contribution >= 4 is 35.0 Å². The number of nitrogens with one attached hydrogen (secondary N) is 3. The molecule has 0 atom stereocenters. The number of nitrogens with zero attached hydrogens (tertiary/aromatic N) is 1. The zero-order valence-corrected chi connectivity index (χ0v) is 12.0. The third-order valence-corrected chi connectivity index (χ3v) is 3.87. The number of carbonyl (C=O) groups is 4. The van der Waals surface area contributed by atoms with Crippen molar-refractivity contribution in [1.29, 1.82) is 0 Å². The molecule has 3 N–H and O–H groups in total. The van der Waals surface area contributed by atoms with Gasteiger partial charge in [0.1, 0.15) is 0 Å². The third-order valence-electron chi connectivity index (χ3n) is 3.87. The molecule has 22 heavy (non-hydrogen) atoms. The van der Waals surface area contributed by atoms with Gasteiger partial charge in [-0.3, -0.25) is 25.0 Å².